The van der Waals surface area contributed by atoms with E-state index in [1.165, 1.54) is 44.9 Å². The van der Waals surface area contributed by atoms with Gasteiger partial charge in [0, 0.05) is 6.04 Å². The van der Waals surface area contributed by atoms with Gasteiger partial charge < -0.3 is 10.8 Å². The lowest BCUT2D eigenvalue weighted by Gasteiger charge is -2.55. The summed E-state index contributed by atoms with van der Waals surface area (Å²) in [5.74, 6) is 4.59. The topological polar surface area (TPSA) is 46.2 Å². The third-order valence-electron chi connectivity index (χ3n) is 8.00. The molecule has 20 heavy (non-hydrogen) atoms. The minimum Gasteiger partial charge on any atom is -0.393 e. The SMILES string of the molecule is C[C@]12CC[C@H]3[C@@H](CC[C@H]4C[C@H](O)CC[C@@H]43)[C@@H]1CC[C@@H]2N. The van der Waals surface area contributed by atoms with E-state index in [1.54, 1.807) is 0 Å². The molecule has 114 valence electrons. The van der Waals surface area contributed by atoms with Crippen LogP contribution in [0.2, 0.25) is 0 Å². The maximum atomic E-state index is 9.95. The van der Waals surface area contributed by atoms with Crippen molar-refractivity contribution in [3.63, 3.8) is 0 Å². The van der Waals surface area contributed by atoms with Gasteiger partial charge in [-0.3, -0.25) is 0 Å². The smallest absolute Gasteiger partial charge is 0.0543 e. The predicted molar refractivity (Wildman–Crippen MR) is 81.1 cm³/mol. The maximum Gasteiger partial charge on any atom is 0.0543 e. The molecule has 0 aromatic rings. The second-order valence-electron chi connectivity index (χ2n) is 8.63. The summed E-state index contributed by atoms with van der Waals surface area (Å²) in [5, 5.41) is 9.95. The third kappa shape index (κ3) is 1.83. The number of aliphatic hydroxyl groups excluding tert-OH is 1. The van der Waals surface area contributed by atoms with Crippen molar-refractivity contribution in [2.24, 2.45) is 40.7 Å². The molecule has 0 saturated heterocycles. The van der Waals surface area contributed by atoms with Gasteiger partial charge in [-0.15, -0.1) is 0 Å². The highest BCUT2D eigenvalue weighted by atomic mass is 16.3. The average Bonchev–Trinajstić information content (AvgIpc) is 2.74. The molecule has 8 atom stereocenters. The Morgan fingerprint density at radius 1 is 0.900 bits per heavy atom. The molecule has 4 aliphatic rings. The van der Waals surface area contributed by atoms with Crippen LogP contribution in [0.3, 0.4) is 0 Å². The van der Waals surface area contributed by atoms with Crippen LogP contribution in [0, 0.1) is 35.0 Å². The summed E-state index contributed by atoms with van der Waals surface area (Å²) in [6, 6.07) is 0.458. The van der Waals surface area contributed by atoms with Crippen molar-refractivity contribution in [3.05, 3.63) is 0 Å². The normalized spacial score (nSPS) is 58.6. The van der Waals surface area contributed by atoms with Crippen molar-refractivity contribution >= 4 is 0 Å². The molecule has 2 nitrogen and oxygen atoms in total. The van der Waals surface area contributed by atoms with E-state index < -0.39 is 0 Å². The second kappa shape index (κ2) is 4.71. The van der Waals surface area contributed by atoms with Crippen molar-refractivity contribution in [2.45, 2.75) is 76.9 Å². The fourth-order valence-electron chi connectivity index (χ4n) is 6.87. The summed E-state index contributed by atoms with van der Waals surface area (Å²) in [6.45, 7) is 2.49. The van der Waals surface area contributed by atoms with Crippen LogP contribution in [0.1, 0.15) is 64.7 Å². The highest BCUT2D eigenvalue weighted by molar-refractivity contribution is 5.07. The Bertz CT molecular complexity index is 384. The van der Waals surface area contributed by atoms with Crippen molar-refractivity contribution in [1.29, 1.82) is 0 Å². The molecule has 0 radical (unpaired) electrons. The summed E-state index contributed by atoms with van der Waals surface area (Å²) in [6.07, 6.45) is 11.7. The summed E-state index contributed by atoms with van der Waals surface area (Å²) in [5.41, 5.74) is 6.91. The molecular weight excluding hydrogens is 246 g/mol. The van der Waals surface area contributed by atoms with Crippen molar-refractivity contribution < 1.29 is 5.11 Å². The molecular formula is C18H31NO. The van der Waals surface area contributed by atoms with E-state index in [9.17, 15) is 5.11 Å². The summed E-state index contributed by atoms with van der Waals surface area (Å²) >= 11 is 0. The largest absolute Gasteiger partial charge is 0.393 e. The van der Waals surface area contributed by atoms with Crippen molar-refractivity contribution in [1.82, 2.24) is 0 Å². The Morgan fingerprint density at radius 2 is 1.70 bits per heavy atom. The van der Waals surface area contributed by atoms with Crippen LogP contribution in [-0.4, -0.2) is 17.3 Å². The molecule has 4 aliphatic carbocycles. The fourth-order valence-corrected chi connectivity index (χ4v) is 6.87. The number of fused-ring (bicyclic) bond motifs is 5. The van der Waals surface area contributed by atoms with Gasteiger partial charge in [0.25, 0.3) is 0 Å². The molecule has 0 unspecified atom stereocenters. The zero-order valence-electron chi connectivity index (χ0n) is 12.9. The molecule has 0 aromatic heterocycles. The molecule has 4 saturated carbocycles. The zero-order chi connectivity index (χ0) is 13.9. The average molecular weight is 277 g/mol. The zero-order valence-corrected chi connectivity index (χ0v) is 12.9. The molecule has 4 rings (SSSR count). The fraction of sp³-hybridized carbons (Fsp3) is 1.00. The second-order valence-corrected chi connectivity index (χ2v) is 8.63. The first-order chi connectivity index (χ1) is 9.59. The van der Waals surface area contributed by atoms with Crippen molar-refractivity contribution in [2.75, 3.05) is 0 Å². The van der Waals surface area contributed by atoms with Crippen LogP contribution in [0.5, 0.6) is 0 Å². The first kappa shape index (κ1) is 13.6. The number of hydrogen-bond donors (Lipinski definition) is 2. The molecule has 0 spiro atoms. The van der Waals surface area contributed by atoms with Gasteiger partial charge in [-0.1, -0.05) is 6.92 Å². The van der Waals surface area contributed by atoms with Gasteiger partial charge in [-0.2, -0.15) is 0 Å². The molecule has 0 aromatic carbocycles. The van der Waals surface area contributed by atoms with E-state index >= 15 is 0 Å². The highest BCUT2D eigenvalue weighted by Gasteiger charge is 2.56. The van der Waals surface area contributed by atoms with E-state index in [2.05, 4.69) is 6.92 Å². The van der Waals surface area contributed by atoms with Crippen LogP contribution < -0.4 is 5.73 Å². The quantitative estimate of drug-likeness (QED) is 0.713. The number of aliphatic hydroxyl groups is 1. The summed E-state index contributed by atoms with van der Waals surface area (Å²) in [7, 11) is 0. The lowest BCUT2D eigenvalue weighted by atomic mass is 9.50. The number of rotatable bonds is 0. The Balaban J connectivity index is 1.57. The van der Waals surface area contributed by atoms with Gasteiger partial charge in [0.2, 0.25) is 0 Å². The van der Waals surface area contributed by atoms with E-state index in [-0.39, 0.29) is 6.10 Å². The van der Waals surface area contributed by atoms with Crippen LogP contribution in [-0.2, 0) is 0 Å². The Morgan fingerprint density at radius 3 is 2.55 bits per heavy atom. The molecule has 0 bridgehead atoms. The van der Waals surface area contributed by atoms with E-state index in [0.29, 0.717) is 11.5 Å². The summed E-state index contributed by atoms with van der Waals surface area (Å²) in [4.78, 5) is 0. The monoisotopic (exact) mass is 277 g/mol. The maximum absolute atomic E-state index is 9.95. The van der Waals surface area contributed by atoms with Gasteiger partial charge in [0.15, 0.2) is 0 Å². The van der Waals surface area contributed by atoms with Crippen LogP contribution in [0.4, 0.5) is 0 Å². The minimum atomic E-state index is 0.00144. The molecule has 0 heterocycles. The van der Waals surface area contributed by atoms with Gasteiger partial charge in [0.05, 0.1) is 6.10 Å². The Hall–Kier alpha value is -0.0800. The van der Waals surface area contributed by atoms with Crippen LogP contribution >= 0.6 is 0 Å². The molecule has 3 N–H and O–H groups in total. The Labute approximate surface area is 123 Å². The van der Waals surface area contributed by atoms with E-state index in [0.717, 1.165) is 42.4 Å². The highest BCUT2D eigenvalue weighted by Crippen LogP contribution is 2.61. The van der Waals surface area contributed by atoms with Gasteiger partial charge in [-0.05, 0) is 92.8 Å². The number of nitrogens with two attached hydrogens (primary N) is 1. The van der Waals surface area contributed by atoms with Crippen LogP contribution in [0.15, 0.2) is 0 Å². The van der Waals surface area contributed by atoms with E-state index in [4.69, 9.17) is 5.73 Å². The molecule has 0 aliphatic heterocycles. The standard InChI is InChI=1S/C18H31NO/c1-18-9-8-14-13-5-3-12(20)10-11(13)2-4-15(14)16(18)6-7-17(18)19/h11-17,20H,2-10,19H2,1H3/t11-,12+,13-,14+,15+,16-,17-,18-/m0/s1. The minimum absolute atomic E-state index is 0.00144. The first-order valence-electron chi connectivity index (χ1n) is 9.03. The van der Waals surface area contributed by atoms with Gasteiger partial charge >= 0.3 is 0 Å². The lowest BCUT2D eigenvalue weighted by Crippen LogP contribution is -2.51. The Kier molecular flexibility index (Phi) is 3.20. The molecule has 2 heteroatoms. The number of hydrogen-bond acceptors (Lipinski definition) is 2. The van der Waals surface area contributed by atoms with E-state index in [1.807, 2.05) is 0 Å². The first-order valence-corrected chi connectivity index (χ1v) is 9.03. The lowest BCUT2D eigenvalue weighted by molar-refractivity contribution is -0.0703. The third-order valence-corrected chi connectivity index (χ3v) is 8.00. The van der Waals surface area contributed by atoms with Gasteiger partial charge in [0.1, 0.15) is 0 Å². The molecule has 0 amide bonds. The van der Waals surface area contributed by atoms with Crippen LogP contribution in [0.25, 0.3) is 0 Å². The van der Waals surface area contributed by atoms with Gasteiger partial charge in [-0.25, -0.2) is 0 Å². The predicted octanol–water partition coefficient (Wildman–Crippen LogP) is 3.33. The molecule has 4 fully saturated rings. The van der Waals surface area contributed by atoms with Crippen molar-refractivity contribution in [3.8, 4) is 0 Å². The summed E-state index contributed by atoms with van der Waals surface area (Å²) < 4.78 is 0.